The lowest BCUT2D eigenvalue weighted by Crippen LogP contribution is -2.37. The smallest absolute Gasteiger partial charge is 0.269 e. The fourth-order valence-electron chi connectivity index (χ4n) is 2.88. The van der Waals surface area contributed by atoms with Crippen molar-refractivity contribution in [1.82, 2.24) is 15.1 Å². The number of carbonyl (C=O) groups is 1. The maximum Gasteiger partial charge on any atom is 0.269 e. The molecule has 1 aliphatic heterocycles. The molecular formula is C16H18ClFN4O. The topological polar surface area (TPSA) is 50.2 Å². The molecule has 5 nitrogen and oxygen atoms in total. The average Bonchev–Trinajstić information content (AvgIpc) is 3.08. The van der Waals surface area contributed by atoms with Crippen LogP contribution in [-0.4, -0.2) is 34.8 Å². The number of aromatic nitrogens is 2. The molecule has 3 rings (SSSR count). The Labute approximate surface area is 139 Å². The molecule has 1 amide bonds. The molecule has 1 atom stereocenters. The SMILES string of the molecule is Cc1cc(C(=O)NC2CCN(c3ccc(Cl)c(F)c3)C2)n(C)n1. The van der Waals surface area contributed by atoms with Gasteiger partial charge in [-0.25, -0.2) is 4.39 Å². The Kier molecular flexibility index (Phi) is 4.26. The van der Waals surface area contributed by atoms with Gasteiger partial charge in [-0.05, 0) is 37.6 Å². The van der Waals surface area contributed by atoms with Gasteiger partial charge in [0.2, 0.25) is 0 Å². The minimum absolute atomic E-state index is 0.0245. The van der Waals surface area contributed by atoms with Crippen LogP contribution in [0, 0.1) is 12.7 Å². The summed E-state index contributed by atoms with van der Waals surface area (Å²) in [5.41, 5.74) is 2.13. The van der Waals surface area contributed by atoms with Gasteiger partial charge in [-0.1, -0.05) is 11.6 Å². The second kappa shape index (κ2) is 6.20. The highest BCUT2D eigenvalue weighted by molar-refractivity contribution is 6.30. The number of hydrogen-bond donors (Lipinski definition) is 1. The standard InChI is InChI=1S/C16H18ClFN4O/c1-10-7-15(21(2)20-10)16(23)19-11-5-6-22(9-11)12-3-4-13(17)14(18)8-12/h3-4,7-8,11H,5-6,9H2,1-2H3,(H,19,23). The molecule has 1 unspecified atom stereocenters. The van der Waals surface area contributed by atoms with E-state index < -0.39 is 5.82 Å². The van der Waals surface area contributed by atoms with Crippen LogP contribution in [0.1, 0.15) is 22.6 Å². The predicted molar refractivity (Wildman–Crippen MR) is 87.4 cm³/mol. The van der Waals surface area contributed by atoms with Crippen LogP contribution in [0.3, 0.4) is 0 Å². The summed E-state index contributed by atoms with van der Waals surface area (Å²) in [5.74, 6) is -0.566. The highest BCUT2D eigenvalue weighted by atomic mass is 35.5. The predicted octanol–water partition coefficient (Wildman–Crippen LogP) is 2.53. The summed E-state index contributed by atoms with van der Waals surface area (Å²) in [6.07, 6.45) is 0.812. The number of aryl methyl sites for hydroxylation is 2. The van der Waals surface area contributed by atoms with Crippen molar-refractivity contribution < 1.29 is 9.18 Å². The molecule has 0 saturated carbocycles. The Balaban J connectivity index is 1.64. The van der Waals surface area contributed by atoms with Crippen molar-refractivity contribution in [2.24, 2.45) is 7.05 Å². The number of halogens is 2. The van der Waals surface area contributed by atoms with Gasteiger partial charge >= 0.3 is 0 Å². The molecule has 1 aromatic heterocycles. The summed E-state index contributed by atoms with van der Waals surface area (Å²) in [5, 5.41) is 7.31. The van der Waals surface area contributed by atoms with Crippen LogP contribution < -0.4 is 10.2 Å². The van der Waals surface area contributed by atoms with Gasteiger partial charge in [-0.3, -0.25) is 9.48 Å². The molecule has 1 aliphatic rings. The normalized spacial score (nSPS) is 17.6. The maximum atomic E-state index is 13.6. The first-order valence-electron chi connectivity index (χ1n) is 7.45. The lowest BCUT2D eigenvalue weighted by atomic mass is 10.2. The molecule has 1 aromatic carbocycles. The van der Waals surface area contributed by atoms with Gasteiger partial charge < -0.3 is 10.2 Å². The minimum Gasteiger partial charge on any atom is -0.369 e. The molecule has 0 aliphatic carbocycles. The van der Waals surface area contributed by atoms with Crippen LogP contribution >= 0.6 is 11.6 Å². The van der Waals surface area contributed by atoms with Crippen LogP contribution in [-0.2, 0) is 7.05 Å². The molecule has 2 aromatic rings. The van der Waals surface area contributed by atoms with Gasteiger partial charge in [0.05, 0.1) is 10.7 Å². The number of rotatable bonds is 3. The van der Waals surface area contributed by atoms with Crippen LogP contribution in [0.4, 0.5) is 10.1 Å². The second-order valence-electron chi connectivity index (χ2n) is 5.80. The number of amides is 1. The number of carbonyl (C=O) groups excluding carboxylic acids is 1. The maximum absolute atomic E-state index is 13.6. The Morgan fingerprint density at radius 3 is 2.87 bits per heavy atom. The number of hydrogen-bond acceptors (Lipinski definition) is 3. The fourth-order valence-corrected chi connectivity index (χ4v) is 2.99. The van der Waals surface area contributed by atoms with Crippen molar-refractivity contribution >= 4 is 23.2 Å². The third-order valence-corrected chi connectivity index (χ3v) is 4.33. The van der Waals surface area contributed by atoms with E-state index >= 15 is 0 Å². The Hall–Kier alpha value is -2.08. The van der Waals surface area contributed by atoms with Gasteiger partial charge in [-0.15, -0.1) is 0 Å². The zero-order chi connectivity index (χ0) is 16.6. The summed E-state index contributed by atoms with van der Waals surface area (Å²) in [6, 6.07) is 6.56. The zero-order valence-electron chi connectivity index (χ0n) is 13.0. The molecule has 1 fully saturated rings. The molecule has 2 heterocycles. The third-order valence-electron chi connectivity index (χ3n) is 4.03. The lowest BCUT2D eigenvalue weighted by Gasteiger charge is -2.19. The highest BCUT2D eigenvalue weighted by Crippen LogP contribution is 2.25. The summed E-state index contributed by atoms with van der Waals surface area (Å²) in [6.45, 7) is 3.25. The van der Waals surface area contributed by atoms with Crippen molar-refractivity contribution in [1.29, 1.82) is 0 Å². The molecule has 0 spiro atoms. The Morgan fingerprint density at radius 1 is 1.43 bits per heavy atom. The summed E-state index contributed by atoms with van der Waals surface area (Å²) < 4.78 is 15.1. The van der Waals surface area contributed by atoms with E-state index in [1.807, 2.05) is 11.8 Å². The number of nitrogens with zero attached hydrogens (tertiary/aromatic N) is 3. The molecule has 0 radical (unpaired) electrons. The Bertz CT molecular complexity index is 746. The molecule has 0 bridgehead atoms. The number of nitrogens with one attached hydrogen (secondary N) is 1. The number of benzene rings is 1. The van der Waals surface area contributed by atoms with E-state index in [9.17, 15) is 9.18 Å². The van der Waals surface area contributed by atoms with Crippen LogP contribution in [0.25, 0.3) is 0 Å². The van der Waals surface area contributed by atoms with Crippen LogP contribution in [0.2, 0.25) is 5.02 Å². The first kappa shape index (κ1) is 15.8. The van der Waals surface area contributed by atoms with Gasteiger partial charge in [0, 0.05) is 31.9 Å². The molecule has 23 heavy (non-hydrogen) atoms. The van der Waals surface area contributed by atoms with E-state index in [2.05, 4.69) is 10.4 Å². The highest BCUT2D eigenvalue weighted by Gasteiger charge is 2.25. The fraction of sp³-hybridized carbons (Fsp3) is 0.375. The van der Waals surface area contributed by atoms with E-state index in [0.29, 0.717) is 12.2 Å². The van der Waals surface area contributed by atoms with E-state index in [1.165, 1.54) is 6.07 Å². The molecule has 7 heteroatoms. The van der Waals surface area contributed by atoms with E-state index in [1.54, 1.807) is 29.9 Å². The van der Waals surface area contributed by atoms with E-state index in [-0.39, 0.29) is 17.0 Å². The largest absolute Gasteiger partial charge is 0.369 e. The summed E-state index contributed by atoms with van der Waals surface area (Å²) >= 11 is 5.71. The number of anilines is 1. The van der Waals surface area contributed by atoms with Gasteiger partial charge in [0.1, 0.15) is 11.5 Å². The minimum atomic E-state index is -0.429. The molecule has 1 N–H and O–H groups in total. The van der Waals surface area contributed by atoms with Crippen molar-refractivity contribution in [3.05, 3.63) is 46.5 Å². The second-order valence-corrected chi connectivity index (χ2v) is 6.21. The summed E-state index contributed by atoms with van der Waals surface area (Å²) in [7, 11) is 1.75. The van der Waals surface area contributed by atoms with Gasteiger partial charge in [0.25, 0.3) is 5.91 Å². The quantitative estimate of drug-likeness (QED) is 0.937. The first-order chi connectivity index (χ1) is 10.9. The summed E-state index contributed by atoms with van der Waals surface area (Å²) in [4.78, 5) is 14.3. The zero-order valence-corrected chi connectivity index (χ0v) is 13.8. The first-order valence-corrected chi connectivity index (χ1v) is 7.83. The van der Waals surface area contributed by atoms with E-state index in [0.717, 1.165) is 24.3 Å². The lowest BCUT2D eigenvalue weighted by molar-refractivity contribution is 0.0931. The molecule has 122 valence electrons. The monoisotopic (exact) mass is 336 g/mol. The van der Waals surface area contributed by atoms with E-state index in [4.69, 9.17) is 11.6 Å². The van der Waals surface area contributed by atoms with Gasteiger partial charge in [0.15, 0.2) is 0 Å². The van der Waals surface area contributed by atoms with Crippen LogP contribution in [0.5, 0.6) is 0 Å². The van der Waals surface area contributed by atoms with Crippen molar-refractivity contribution in [3.8, 4) is 0 Å². The Morgan fingerprint density at radius 2 is 2.22 bits per heavy atom. The van der Waals surface area contributed by atoms with Crippen molar-refractivity contribution in [2.75, 3.05) is 18.0 Å². The van der Waals surface area contributed by atoms with Crippen molar-refractivity contribution in [3.63, 3.8) is 0 Å². The average molecular weight is 337 g/mol. The third kappa shape index (κ3) is 3.32. The molecular weight excluding hydrogens is 319 g/mol. The van der Waals surface area contributed by atoms with Crippen LogP contribution in [0.15, 0.2) is 24.3 Å². The van der Waals surface area contributed by atoms with Gasteiger partial charge in [-0.2, -0.15) is 5.10 Å². The van der Waals surface area contributed by atoms with Crippen molar-refractivity contribution in [2.45, 2.75) is 19.4 Å². The molecule has 1 saturated heterocycles.